The Bertz CT molecular complexity index is 1200. The van der Waals surface area contributed by atoms with Crippen LogP contribution in [0.25, 0.3) is 11.1 Å². The van der Waals surface area contributed by atoms with Crippen LogP contribution in [0.3, 0.4) is 0 Å². The Kier molecular flexibility index (Phi) is 7.32. The van der Waals surface area contributed by atoms with Crippen LogP contribution in [0.15, 0.2) is 47.4 Å². The summed E-state index contributed by atoms with van der Waals surface area (Å²) in [6.45, 7) is 6.82. The highest BCUT2D eigenvalue weighted by Gasteiger charge is 2.21. The van der Waals surface area contributed by atoms with E-state index in [0.29, 0.717) is 23.0 Å². The number of sulfonamides is 1. The van der Waals surface area contributed by atoms with Crippen LogP contribution in [-0.4, -0.2) is 37.2 Å². The summed E-state index contributed by atoms with van der Waals surface area (Å²) in [6.07, 6.45) is 0.695. The van der Waals surface area contributed by atoms with Crippen molar-refractivity contribution < 1.29 is 8.42 Å². The topological polar surface area (TPSA) is 67.2 Å². The SMILES string of the molecule is Cc1c(NS(=O)(=O)c2ccc(-c3cc(CN(C)C)ccc3Cl)cc2)c(CC(C)C)nn1C. The van der Waals surface area contributed by atoms with E-state index < -0.39 is 10.0 Å². The summed E-state index contributed by atoms with van der Waals surface area (Å²) >= 11 is 6.43. The summed E-state index contributed by atoms with van der Waals surface area (Å²) in [5, 5.41) is 5.12. The standard InChI is InChI=1S/C24H31ClN4O2S/c1-16(2)13-23-24(17(3)29(6)26-23)27-32(30,31)20-10-8-19(9-11-20)21-14-18(15-28(4)5)7-12-22(21)25/h7-12,14,16,27H,13,15H2,1-6H3. The van der Waals surface area contributed by atoms with Crippen LogP contribution in [0, 0.1) is 12.8 Å². The molecular weight excluding hydrogens is 444 g/mol. The van der Waals surface area contributed by atoms with Gasteiger partial charge in [-0.1, -0.05) is 43.6 Å². The van der Waals surface area contributed by atoms with Crippen molar-refractivity contribution in [1.29, 1.82) is 0 Å². The van der Waals surface area contributed by atoms with E-state index in [4.69, 9.17) is 11.6 Å². The zero-order valence-corrected chi connectivity index (χ0v) is 21.0. The first kappa shape index (κ1) is 24.3. The fraction of sp³-hybridized carbons (Fsp3) is 0.375. The third-order valence-electron chi connectivity index (χ3n) is 5.25. The molecule has 32 heavy (non-hydrogen) atoms. The lowest BCUT2D eigenvalue weighted by Crippen LogP contribution is -2.15. The maximum atomic E-state index is 13.1. The van der Waals surface area contributed by atoms with E-state index in [2.05, 4.69) is 28.6 Å². The zero-order chi connectivity index (χ0) is 23.6. The van der Waals surface area contributed by atoms with Gasteiger partial charge in [-0.25, -0.2) is 8.42 Å². The number of aromatic nitrogens is 2. The smallest absolute Gasteiger partial charge is 0.262 e. The molecule has 1 N–H and O–H groups in total. The average Bonchev–Trinajstić information content (AvgIpc) is 2.95. The van der Waals surface area contributed by atoms with E-state index in [1.54, 1.807) is 28.9 Å². The van der Waals surface area contributed by atoms with Crippen LogP contribution in [-0.2, 0) is 30.0 Å². The minimum absolute atomic E-state index is 0.195. The summed E-state index contributed by atoms with van der Waals surface area (Å²) < 4.78 is 30.7. The number of hydrogen-bond donors (Lipinski definition) is 1. The molecule has 0 spiro atoms. The number of anilines is 1. The Labute approximate surface area is 196 Å². The van der Waals surface area contributed by atoms with Crippen LogP contribution in [0.1, 0.15) is 30.8 Å². The molecule has 3 rings (SSSR count). The molecule has 1 heterocycles. The highest BCUT2D eigenvalue weighted by molar-refractivity contribution is 7.92. The quantitative estimate of drug-likeness (QED) is 0.492. The molecule has 0 amide bonds. The minimum Gasteiger partial charge on any atom is -0.305 e. The number of benzene rings is 2. The maximum Gasteiger partial charge on any atom is 0.262 e. The van der Waals surface area contributed by atoms with Gasteiger partial charge < -0.3 is 4.90 Å². The van der Waals surface area contributed by atoms with Crippen molar-refractivity contribution in [2.45, 2.75) is 38.6 Å². The zero-order valence-electron chi connectivity index (χ0n) is 19.5. The molecule has 0 fully saturated rings. The number of halogens is 1. The Balaban J connectivity index is 1.90. The van der Waals surface area contributed by atoms with Gasteiger partial charge in [-0.05, 0) is 68.8 Å². The van der Waals surface area contributed by atoms with Crippen molar-refractivity contribution in [2.75, 3.05) is 18.8 Å². The molecular formula is C24H31ClN4O2S. The van der Waals surface area contributed by atoms with E-state index in [-0.39, 0.29) is 4.90 Å². The molecule has 2 aromatic carbocycles. The molecule has 0 atom stereocenters. The fourth-order valence-corrected chi connectivity index (χ4v) is 4.98. The van der Waals surface area contributed by atoms with Crippen LogP contribution in [0.5, 0.6) is 0 Å². The molecule has 8 heteroatoms. The van der Waals surface area contributed by atoms with E-state index in [9.17, 15) is 8.42 Å². The van der Waals surface area contributed by atoms with Crippen molar-refractivity contribution in [1.82, 2.24) is 14.7 Å². The molecule has 0 bridgehead atoms. The minimum atomic E-state index is -3.76. The molecule has 3 aromatic rings. The summed E-state index contributed by atoms with van der Waals surface area (Å²) in [4.78, 5) is 2.28. The Hall–Kier alpha value is -2.35. The number of nitrogens with zero attached hydrogens (tertiary/aromatic N) is 3. The first-order valence-corrected chi connectivity index (χ1v) is 12.4. The largest absolute Gasteiger partial charge is 0.305 e. The van der Waals surface area contributed by atoms with E-state index in [0.717, 1.165) is 34.6 Å². The molecule has 0 radical (unpaired) electrons. The third kappa shape index (κ3) is 5.52. The molecule has 0 saturated heterocycles. The van der Waals surface area contributed by atoms with Crippen molar-refractivity contribution >= 4 is 27.3 Å². The Morgan fingerprint density at radius 1 is 1.12 bits per heavy atom. The highest BCUT2D eigenvalue weighted by atomic mass is 35.5. The lowest BCUT2D eigenvalue weighted by Gasteiger charge is -2.13. The summed E-state index contributed by atoms with van der Waals surface area (Å²) in [7, 11) is 2.09. The lowest BCUT2D eigenvalue weighted by atomic mass is 10.0. The molecule has 6 nitrogen and oxygen atoms in total. The Morgan fingerprint density at radius 2 is 1.78 bits per heavy atom. The monoisotopic (exact) mass is 474 g/mol. The average molecular weight is 475 g/mol. The second kappa shape index (κ2) is 9.65. The first-order valence-electron chi connectivity index (χ1n) is 10.6. The molecule has 1 aromatic heterocycles. The van der Waals surface area contributed by atoms with Crippen LogP contribution < -0.4 is 4.72 Å². The summed E-state index contributed by atoms with van der Waals surface area (Å²) in [5.74, 6) is 0.361. The van der Waals surface area contributed by atoms with Crippen molar-refractivity contribution in [2.24, 2.45) is 13.0 Å². The number of rotatable bonds is 8. The Morgan fingerprint density at radius 3 is 2.38 bits per heavy atom. The molecule has 172 valence electrons. The number of nitrogens with one attached hydrogen (secondary N) is 1. The predicted octanol–water partition coefficient (Wildman–Crippen LogP) is 5.11. The van der Waals surface area contributed by atoms with Crippen LogP contribution in [0.2, 0.25) is 5.02 Å². The van der Waals surface area contributed by atoms with Crippen molar-refractivity contribution in [3.63, 3.8) is 0 Å². The van der Waals surface area contributed by atoms with Gasteiger partial charge in [0.2, 0.25) is 0 Å². The summed E-state index contributed by atoms with van der Waals surface area (Å²) in [6, 6.07) is 12.7. The van der Waals surface area contributed by atoms with Gasteiger partial charge in [0, 0.05) is 24.2 Å². The third-order valence-corrected chi connectivity index (χ3v) is 6.94. The van der Waals surface area contributed by atoms with Gasteiger partial charge in [-0.2, -0.15) is 5.10 Å². The molecule has 0 aliphatic rings. The molecule has 0 aliphatic heterocycles. The van der Waals surface area contributed by atoms with Gasteiger partial charge in [0.15, 0.2) is 0 Å². The van der Waals surface area contributed by atoms with Crippen molar-refractivity contribution in [3.8, 4) is 11.1 Å². The van der Waals surface area contributed by atoms with Gasteiger partial charge in [0.1, 0.15) is 0 Å². The first-order chi connectivity index (χ1) is 15.0. The molecule has 0 unspecified atom stereocenters. The van der Waals surface area contributed by atoms with Crippen LogP contribution in [0.4, 0.5) is 5.69 Å². The molecule has 0 saturated carbocycles. The highest BCUT2D eigenvalue weighted by Crippen LogP contribution is 2.31. The molecule has 0 aliphatic carbocycles. The van der Waals surface area contributed by atoms with Gasteiger partial charge >= 0.3 is 0 Å². The van der Waals surface area contributed by atoms with Gasteiger partial charge in [0.25, 0.3) is 10.0 Å². The fourth-order valence-electron chi connectivity index (χ4n) is 3.60. The second-order valence-electron chi connectivity index (χ2n) is 8.81. The van der Waals surface area contributed by atoms with E-state index in [1.165, 1.54) is 0 Å². The second-order valence-corrected chi connectivity index (χ2v) is 10.9. The summed E-state index contributed by atoms with van der Waals surface area (Å²) in [5.41, 5.74) is 4.98. The van der Waals surface area contributed by atoms with E-state index in [1.807, 2.05) is 46.3 Å². The van der Waals surface area contributed by atoms with E-state index >= 15 is 0 Å². The normalized spacial score (nSPS) is 12.0. The maximum absolute atomic E-state index is 13.1. The lowest BCUT2D eigenvalue weighted by molar-refractivity contribution is 0.402. The van der Waals surface area contributed by atoms with Gasteiger partial charge in [0.05, 0.1) is 22.0 Å². The number of aryl methyl sites for hydroxylation is 1. The number of hydrogen-bond acceptors (Lipinski definition) is 4. The van der Waals surface area contributed by atoms with Crippen LogP contribution >= 0.6 is 11.6 Å². The van der Waals surface area contributed by atoms with Crippen molar-refractivity contribution in [3.05, 3.63) is 64.4 Å². The van der Waals surface area contributed by atoms with Gasteiger partial charge in [-0.3, -0.25) is 9.40 Å². The predicted molar refractivity (Wildman–Crippen MR) is 132 cm³/mol. The van der Waals surface area contributed by atoms with Gasteiger partial charge in [-0.15, -0.1) is 0 Å².